The lowest BCUT2D eigenvalue weighted by atomic mass is 10.2. The minimum Gasteiger partial charge on any atom is -0.158 e. The number of nitrogens with zero attached hydrogens (tertiary/aromatic N) is 1. The van der Waals surface area contributed by atoms with Gasteiger partial charge in [0.2, 0.25) is 0 Å². The number of allylic oxidation sites excluding steroid dienone is 2. The molecule has 0 amide bonds. The zero-order valence-electron chi connectivity index (χ0n) is 18.4. The fourth-order valence-electron chi connectivity index (χ4n) is 4.75. The molecule has 0 radical (unpaired) electrons. The molecule has 1 nitrogen and oxygen atoms in total. The predicted molar refractivity (Wildman–Crippen MR) is 136 cm³/mol. The van der Waals surface area contributed by atoms with Crippen LogP contribution in [0.2, 0.25) is 0 Å². The molecule has 0 saturated heterocycles. The Morgan fingerprint density at radius 3 is 1.66 bits per heavy atom. The van der Waals surface area contributed by atoms with E-state index in [1.165, 1.54) is 23.5 Å². The molecule has 0 bridgehead atoms. The minimum absolute atomic E-state index is 0.567. The molecular formula is C26H37NP2. The van der Waals surface area contributed by atoms with Gasteiger partial charge in [0.05, 0.1) is 35.9 Å². The van der Waals surface area contributed by atoms with Crippen molar-refractivity contribution in [1.29, 1.82) is 0 Å². The molecule has 1 aliphatic rings. The Kier molecular flexibility index (Phi) is 7.72. The van der Waals surface area contributed by atoms with Gasteiger partial charge in [0.25, 0.3) is 0 Å². The van der Waals surface area contributed by atoms with E-state index in [-0.39, 0.29) is 0 Å². The quantitative estimate of drug-likeness (QED) is 0.231. The standard InChI is InChI=1S/C26H37NP2/c1-6-9-22-27(28(4)23(7-2)20-21-24(28)8-3)29(5,25-16-12-10-13-17-25)26-18-14-11-15-19-26/h10-21,23-24H,4-9,22H2,1-3H3/t23-,24-/m1/s1. The first-order valence-electron chi connectivity index (χ1n) is 11.1. The van der Waals surface area contributed by atoms with Crippen LogP contribution < -0.4 is 10.6 Å². The van der Waals surface area contributed by atoms with Crippen LogP contribution in [-0.4, -0.2) is 22.3 Å². The Morgan fingerprint density at radius 1 is 0.828 bits per heavy atom. The van der Waals surface area contributed by atoms with E-state index in [1.54, 1.807) is 0 Å². The third-order valence-electron chi connectivity index (χ3n) is 6.44. The summed E-state index contributed by atoms with van der Waals surface area (Å²) < 4.78 is 2.87. The van der Waals surface area contributed by atoms with Crippen molar-refractivity contribution in [3.63, 3.8) is 0 Å². The Balaban J connectivity index is 2.23. The lowest BCUT2D eigenvalue weighted by molar-refractivity contribution is 0.617. The fraction of sp³-hybridized carbons (Fsp3) is 0.385. The largest absolute Gasteiger partial charge is 0.158 e. The molecule has 0 aromatic heterocycles. The summed E-state index contributed by atoms with van der Waals surface area (Å²) in [6, 6.07) is 22.1. The summed E-state index contributed by atoms with van der Waals surface area (Å²) in [7, 11) is -3.67. The molecule has 0 unspecified atom stereocenters. The number of hydrogen-bond acceptors (Lipinski definition) is 1. The second-order valence-corrected chi connectivity index (χ2v) is 15.1. The van der Waals surface area contributed by atoms with Crippen LogP contribution in [0.1, 0.15) is 46.5 Å². The molecule has 1 aliphatic heterocycles. The molecule has 0 spiro atoms. The Hall–Kier alpha value is -1.00. The van der Waals surface area contributed by atoms with Crippen molar-refractivity contribution in [2.24, 2.45) is 0 Å². The normalized spacial score (nSPS) is 21.0. The first kappa shape index (κ1) is 22.7. The lowest BCUT2D eigenvalue weighted by Crippen LogP contribution is -2.39. The number of unbranched alkanes of at least 4 members (excludes halogenated alkanes) is 1. The van der Waals surface area contributed by atoms with E-state index in [0.29, 0.717) is 11.3 Å². The highest BCUT2D eigenvalue weighted by Gasteiger charge is 2.56. The fourth-order valence-corrected chi connectivity index (χ4v) is 14.8. The highest BCUT2D eigenvalue weighted by atomic mass is 31.2. The van der Waals surface area contributed by atoms with Gasteiger partial charge in [-0.3, -0.25) is 0 Å². The molecule has 156 valence electrons. The van der Waals surface area contributed by atoms with Crippen molar-refractivity contribution in [2.75, 3.05) is 6.54 Å². The first-order chi connectivity index (χ1) is 14.0. The van der Waals surface area contributed by atoms with Gasteiger partial charge in [0, 0.05) is 0 Å². The van der Waals surface area contributed by atoms with Crippen LogP contribution in [0, 0.1) is 13.3 Å². The van der Waals surface area contributed by atoms with Crippen molar-refractivity contribution < 1.29 is 0 Å². The monoisotopic (exact) mass is 425 g/mol. The highest BCUT2D eigenvalue weighted by Crippen LogP contribution is 2.83. The number of rotatable bonds is 9. The van der Waals surface area contributed by atoms with Crippen LogP contribution in [0.4, 0.5) is 0 Å². The topological polar surface area (TPSA) is 3.24 Å². The maximum Gasteiger partial charge on any atom is 0.0906 e. The number of benzene rings is 2. The van der Waals surface area contributed by atoms with Crippen LogP contribution >= 0.6 is 14.8 Å². The van der Waals surface area contributed by atoms with Crippen molar-refractivity contribution in [2.45, 2.75) is 57.8 Å². The van der Waals surface area contributed by atoms with Gasteiger partial charge in [-0.1, -0.05) is 63.6 Å². The van der Waals surface area contributed by atoms with E-state index >= 15 is 0 Å². The van der Waals surface area contributed by atoms with Crippen molar-refractivity contribution in [1.82, 2.24) is 4.44 Å². The predicted octanol–water partition coefficient (Wildman–Crippen LogP) is 7.31. The highest BCUT2D eigenvalue weighted by molar-refractivity contribution is 7.97. The smallest absolute Gasteiger partial charge is 0.0906 e. The van der Waals surface area contributed by atoms with Crippen LogP contribution in [-0.2, 0) is 0 Å². The van der Waals surface area contributed by atoms with Gasteiger partial charge in [-0.25, -0.2) is 0 Å². The first-order valence-corrected chi connectivity index (χ1v) is 15.1. The molecule has 3 rings (SSSR count). The Morgan fingerprint density at radius 2 is 1.28 bits per heavy atom. The zero-order valence-corrected chi connectivity index (χ0v) is 20.2. The average molecular weight is 426 g/mol. The summed E-state index contributed by atoms with van der Waals surface area (Å²) in [4.78, 5) is 0. The zero-order chi connectivity index (χ0) is 20.9. The SMILES string of the molecule is [CH2-][P+](c1ccccc1)(c1ccccc1)N(CCCC)[P+]1([CH2-])[C@H](CC)C=C[C@H]1CC. The van der Waals surface area contributed by atoms with Gasteiger partial charge in [0.15, 0.2) is 0 Å². The van der Waals surface area contributed by atoms with Gasteiger partial charge < -0.3 is 0 Å². The third-order valence-corrected chi connectivity index (χ3v) is 16.1. The molecule has 29 heavy (non-hydrogen) atoms. The molecule has 2 atom stereocenters. The molecule has 0 saturated carbocycles. The summed E-state index contributed by atoms with van der Waals surface area (Å²) in [5.74, 6) is 0. The molecule has 0 fully saturated rings. The average Bonchev–Trinajstić information content (AvgIpc) is 3.10. The van der Waals surface area contributed by atoms with Gasteiger partial charge in [-0.15, -0.1) is 11.1 Å². The van der Waals surface area contributed by atoms with Gasteiger partial charge in [-0.05, 0) is 63.1 Å². The lowest BCUT2D eigenvalue weighted by Gasteiger charge is -2.51. The molecule has 3 heteroatoms. The Bertz CT molecular complexity index is 733. The maximum absolute atomic E-state index is 5.11. The van der Waals surface area contributed by atoms with Crippen LogP contribution in [0.5, 0.6) is 0 Å². The molecule has 0 N–H and O–H groups in total. The molecule has 0 aliphatic carbocycles. The van der Waals surface area contributed by atoms with Crippen LogP contribution in [0.25, 0.3) is 0 Å². The number of hydrogen-bond donors (Lipinski definition) is 0. The van der Waals surface area contributed by atoms with Crippen LogP contribution in [0.15, 0.2) is 72.8 Å². The van der Waals surface area contributed by atoms with Crippen molar-refractivity contribution in [3.8, 4) is 0 Å². The molecular weight excluding hydrogens is 388 g/mol. The summed E-state index contributed by atoms with van der Waals surface area (Å²) in [5.41, 5.74) is 1.13. The van der Waals surface area contributed by atoms with E-state index in [1.807, 2.05) is 0 Å². The molecule has 2 aromatic carbocycles. The summed E-state index contributed by atoms with van der Waals surface area (Å²) >= 11 is 0. The van der Waals surface area contributed by atoms with Gasteiger partial charge >= 0.3 is 0 Å². The van der Waals surface area contributed by atoms with Crippen LogP contribution in [0.3, 0.4) is 0 Å². The third kappa shape index (κ3) is 4.12. The summed E-state index contributed by atoms with van der Waals surface area (Å²) in [6.45, 7) is 18.2. The minimum atomic E-state index is -2.00. The maximum atomic E-state index is 5.11. The van der Waals surface area contributed by atoms with E-state index in [0.717, 1.165) is 19.4 Å². The summed E-state index contributed by atoms with van der Waals surface area (Å²) in [5, 5.41) is 2.75. The van der Waals surface area contributed by atoms with E-state index in [9.17, 15) is 0 Å². The van der Waals surface area contributed by atoms with E-state index in [2.05, 4.69) is 98.0 Å². The molecule has 2 aromatic rings. The van der Waals surface area contributed by atoms with Crippen molar-refractivity contribution in [3.05, 3.63) is 86.1 Å². The van der Waals surface area contributed by atoms with Crippen molar-refractivity contribution >= 4 is 25.4 Å². The van der Waals surface area contributed by atoms with E-state index in [4.69, 9.17) is 13.3 Å². The van der Waals surface area contributed by atoms with E-state index < -0.39 is 14.8 Å². The van der Waals surface area contributed by atoms with Gasteiger partial charge in [0.1, 0.15) is 0 Å². The Labute approximate surface area is 180 Å². The van der Waals surface area contributed by atoms with Gasteiger partial charge in [-0.2, -0.15) is 6.66 Å². The summed E-state index contributed by atoms with van der Waals surface area (Å²) in [6.07, 6.45) is 9.68. The second kappa shape index (κ2) is 9.87. The second-order valence-electron chi connectivity index (χ2n) is 8.11. The molecule has 1 heterocycles.